The van der Waals surface area contributed by atoms with E-state index in [0.29, 0.717) is 22.9 Å². The number of amides is 1. The molecule has 19 heavy (non-hydrogen) atoms. The number of hydrogen-bond acceptors (Lipinski definition) is 3. The number of nitrogens with zero attached hydrogens (tertiary/aromatic N) is 1. The first kappa shape index (κ1) is 13.3. The lowest BCUT2D eigenvalue weighted by molar-refractivity contribution is -0.135. The largest absolute Gasteiger partial charge is 0.392 e. The quantitative estimate of drug-likeness (QED) is 0.755. The van der Waals surface area contributed by atoms with Gasteiger partial charge in [-0.25, -0.2) is 0 Å². The maximum Gasteiger partial charge on any atom is 0.233 e. The number of piperidine rings is 3. The summed E-state index contributed by atoms with van der Waals surface area (Å²) in [5, 5.41) is 3.25. The standard InChI is InChI=1S/C14H23N3OS/c1-9-6-14(7-9,12(15)19)13(18)16-11-8-17-4-2-10(11)3-5-17/h9-11H,2-8H2,1H3,(H2,15,19)(H,16,18). The van der Waals surface area contributed by atoms with E-state index in [0.717, 1.165) is 19.4 Å². The van der Waals surface area contributed by atoms with Gasteiger partial charge in [0.25, 0.3) is 0 Å². The maximum atomic E-state index is 12.6. The summed E-state index contributed by atoms with van der Waals surface area (Å²) in [5.41, 5.74) is 5.28. The van der Waals surface area contributed by atoms with Gasteiger partial charge in [-0.05, 0) is 50.6 Å². The molecule has 3 N–H and O–H groups in total. The highest BCUT2D eigenvalue weighted by Gasteiger charge is 2.51. The summed E-state index contributed by atoms with van der Waals surface area (Å²) in [6.45, 7) is 5.53. The Morgan fingerprint density at radius 3 is 2.42 bits per heavy atom. The molecule has 0 aromatic rings. The minimum Gasteiger partial charge on any atom is -0.392 e. The molecule has 3 saturated heterocycles. The lowest BCUT2D eigenvalue weighted by Crippen LogP contribution is -2.63. The molecule has 3 heterocycles. The van der Waals surface area contributed by atoms with Gasteiger partial charge in [0.1, 0.15) is 0 Å². The zero-order chi connectivity index (χ0) is 13.6. The van der Waals surface area contributed by atoms with Gasteiger partial charge in [0.2, 0.25) is 5.91 Å². The summed E-state index contributed by atoms with van der Waals surface area (Å²) >= 11 is 5.15. The first-order valence-electron chi connectivity index (χ1n) is 7.34. The summed E-state index contributed by atoms with van der Waals surface area (Å²) in [4.78, 5) is 15.4. The van der Waals surface area contributed by atoms with Crippen molar-refractivity contribution in [2.45, 2.75) is 38.6 Å². The molecule has 1 unspecified atom stereocenters. The third kappa shape index (κ3) is 2.17. The molecule has 4 nitrogen and oxygen atoms in total. The van der Waals surface area contributed by atoms with Crippen LogP contribution in [0.5, 0.6) is 0 Å². The number of hydrogen-bond donors (Lipinski definition) is 2. The van der Waals surface area contributed by atoms with Crippen LogP contribution in [-0.4, -0.2) is 41.5 Å². The van der Waals surface area contributed by atoms with Gasteiger partial charge >= 0.3 is 0 Å². The van der Waals surface area contributed by atoms with Gasteiger partial charge < -0.3 is 16.0 Å². The molecular weight excluding hydrogens is 258 g/mol. The summed E-state index contributed by atoms with van der Waals surface area (Å²) in [6.07, 6.45) is 4.05. The second-order valence-corrected chi connectivity index (χ2v) is 7.12. The molecule has 106 valence electrons. The summed E-state index contributed by atoms with van der Waals surface area (Å²) in [6, 6.07) is 0.303. The average molecular weight is 281 g/mol. The Morgan fingerprint density at radius 1 is 1.37 bits per heavy atom. The molecule has 1 aliphatic carbocycles. The van der Waals surface area contributed by atoms with Crippen molar-refractivity contribution in [1.29, 1.82) is 0 Å². The van der Waals surface area contributed by atoms with E-state index < -0.39 is 5.41 Å². The van der Waals surface area contributed by atoms with Crippen LogP contribution in [0.15, 0.2) is 0 Å². The van der Waals surface area contributed by atoms with Crippen LogP contribution in [0, 0.1) is 17.3 Å². The van der Waals surface area contributed by atoms with Crippen LogP contribution >= 0.6 is 12.2 Å². The van der Waals surface area contributed by atoms with Crippen molar-refractivity contribution in [3.05, 3.63) is 0 Å². The Hall–Kier alpha value is -0.680. The minimum atomic E-state index is -0.555. The Morgan fingerprint density at radius 2 is 2.00 bits per heavy atom. The number of fused-ring (bicyclic) bond motifs is 3. The van der Waals surface area contributed by atoms with E-state index in [1.54, 1.807) is 0 Å². The van der Waals surface area contributed by atoms with E-state index in [1.165, 1.54) is 25.9 Å². The Kier molecular flexibility index (Phi) is 3.29. The molecule has 1 atom stereocenters. The zero-order valence-electron chi connectivity index (χ0n) is 11.5. The highest BCUT2D eigenvalue weighted by atomic mass is 32.1. The number of rotatable bonds is 3. The van der Waals surface area contributed by atoms with Gasteiger partial charge in [0.05, 0.1) is 10.4 Å². The van der Waals surface area contributed by atoms with Gasteiger partial charge in [0, 0.05) is 12.6 Å². The topological polar surface area (TPSA) is 58.4 Å². The van der Waals surface area contributed by atoms with Gasteiger partial charge in [-0.15, -0.1) is 0 Å². The Balaban J connectivity index is 1.66. The maximum absolute atomic E-state index is 12.6. The van der Waals surface area contributed by atoms with Crippen molar-refractivity contribution in [3.63, 3.8) is 0 Å². The van der Waals surface area contributed by atoms with E-state index in [9.17, 15) is 4.79 Å². The van der Waals surface area contributed by atoms with Crippen LogP contribution in [-0.2, 0) is 4.79 Å². The summed E-state index contributed by atoms with van der Waals surface area (Å²) in [5.74, 6) is 1.28. The van der Waals surface area contributed by atoms with E-state index >= 15 is 0 Å². The third-order valence-electron chi connectivity index (χ3n) is 5.27. The van der Waals surface area contributed by atoms with Crippen molar-refractivity contribution in [2.24, 2.45) is 23.0 Å². The fourth-order valence-electron chi connectivity index (χ4n) is 4.06. The van der Waals surface area contributed by atoms with Crippen molar-refractivity contribution >= 4 is 23.1 Å². The molecule has 5 heteroatoms. The van der Waals surface area contributed by atoms with Gasteiger partial charge in [-0.2, -0.15) is 0 Å². The van der Waals surface area contributed by atoms with E-state index in [2.05, 4.69) is 17.1 Å². The summed E-state index contributed by atoms with van der Waals surface area (Å²) in [7, 11) is 0. The molecule has 1 amide bonds. The molecule has 4 rings (SSSR count). The van der Waals surface area contributed by atoms with Crippen LogP contribution in [0.3, 0.4) is 0 Å². The average Bonchev–Trinajstić information content (AvgIpc) is 2.35. The number of thiocarbonyl (C=S) groups is 1. The van der Waals surface area contributed by atoms with Crippen LogP contribution in [0.4, 0.5) is 0 Å². The fraction of sp³-hybridized carbons (Fsp3) is 0.857. The van der Waals surface area contributed by atoms with Crippen LogP contribution in [0.1, 0.15) is 32.6 Å². The molecular formula is C14H23N3OS. The lowest BCUT2D eigenvalue weighted by Gasteiger charge is -2.48. The first-order chi connectivity index (χ1) is 9.01. The van der Waals surface area contributed by atoms with Crippen LogP contribution in [0.2, 0.25) is 0 Å². The van der Waals surface area contributed by atoms with Gasteiger partial charge in [-0.1, -0.05) is 19.1 Å². The normalized spacial score (nSPS) is 44.5. The molecule has 0 spiro atoms. The first-order valence-corrected chi connectivity index (χ1v) is 7.75. The molecule has 2 bridgehead atoms. The van der Waals surface area contributed by atoms with Crippen molar-refractivity contribution < 1.29 is 4.79 Å². The second-order valence-electron chi connectivity index (χ2n) is 6.68. The molecule has 0 aromatic heterocycles. The predicted molar refractivity (Wildman–Crippen MR) is 78.7 cm³/mol. The molecule has 4 fully saturated rings. The zero-order valence-corrected chi connectivity index (χ0v) is 12.3. The highest BCUT2D eigenvalue weighted by Crippen LogP contribution is 2.46. The third-order valence-corrected chi connectivity index (χ3v) is 5.66. The van der Waals surface area contributed by atoms with E-state index in [1.807, 2.05) is 0 Å². The number of carbonyl (C=O) groups is 1. The smallest absolute Gasteiger partial charge is 0.233 e. The van der Waals surface area contributed by atoms with Crippen molar-refractivity contribution in [3.8, 4) is 0 Å². The summed E-state index contributed by atoms with van der Waals surface area (Å²) < 4.78 is 0. The molecule has 3 aliphatic heterocycles. The number of nitrogens with one attached hydrogen (secondary N) is 1. The fourth-order valence-corrected chi connectivity index (χ4v) is 4.32. The molecule has 1 saturated carbocycles. The van der Waals surface area contributed by atoms with E-state index in [4.69, 9.17) is 18.0 Å². The van der Waals surface area contributed by atoms with Crippen molar-refractivity contribution in [1.82, 2.24) is 10.2 Å². The Labute approximate surface area is 120 Å². The monoisotopic (exact) mass is 281 g/mol. The van der Waals surface area contributed by atoms with E-state index in [-0.39, 0.29) is 5.91 Å². The SMILES string of the molecule is CC1CC(C(=O)NC2CN3CCC2CC3)(C(N)=S)C1. The molecule has 0 aromatic carbocycles. The minimum absolute atomic E-state index is 0.0804. The molecule has 0 radical (unpaired) electrons. The van der Waals surface area contributed by atoms with Crippen LogP contribution in [0.25, 0.3) is 0 Å². The number of nitrogens with two attached hydrogens (primary N) is 1. The predicted octanol–water partition coefficient (Wildman–Crippen LogP) is 0.899. The van der Waals surface area contributed by atoms with Gasteiger partial charge in [-0.3, -0.25) is 4.79 Å². The second kappa shape index (κ2) is 4.70. The lowest BCUT2D eigenvalue weighted by atomic mass is 9.61. The van der Waals surface area contributed by atoms with Crippen LogP contribution < -0.4 is 11.1 Å². The number of carbonyl (C=O) groups excluding carboxylic acids is 1. The van der Waals surface area contributed by atoms with Crippen molar-refractivity contribution in [2.75, 3.05) is 19.6 Å². The molecule has 4 aliphatic rings. The highest BCUT2D eigenvalue weighted by molar-refractivity contribution is 7.80. The van der Waals surface area contributed by atoms with Gasteiger partial charge in [0.15, 0.2) is 0 Å². The Bertz CT molecular complexity index is 397.